The fourth-order valence-corrected chi connectivity index (χ4v) is 3.75. The number of H-pyrrole nitrogens is 1. The van der Waals surface area contributed by atoms with Crippen LogP contribution in [0.5, 0.6) is 0 Å². The maximum absolute atomic E-state index is 12.6. The Bertz CT molecular complexity index is 682. The van der Waals surface area contributed by atoms with Gasteiger partial charge in [0.2, 0.25) is 11.7 Å². The number of amides is 2. The van der Waals surface area contributed by atoms with Crippen molar-refractivity contribution in [2.45, 2.75) is 31.7 Å². The molecule has 0 aromatic carbocycles. The summed E-state index contributed by atoms with van der Waals surface area (Å²) in [5.41, 5.74) is -0.620. The molecule has 0 saturated carbocycles. The molecule has 0 radical (unpaired) electrons. The fraction of sp³-hybridized carbons (Fsp3) is 0.688. The number of aromatic nitrogens is 1. The Kier molecular flexibility index (Phi) is 4.49. The zero-order valence-electron chi connectivity index (χ0n) is 14.2. The van der Waals surface area contributed by atoms with E-state index in [0.717, 1.165) is 25.9 Å². The summed E-state index contributed by atoms with van der Waals surface area (Å²) in [5, 5.41) is 2.16. The smallest absolute Gasteiger partial charge is 0.292 e. The third-order valence-electron chi connectivity index (χ3n) is 5.41. The summed E-state index contributed by atoms with van der Waals surface area (Å²) < 4.78 is 4.95. The second kappa shape index (κ2) is 6.43. The molecule has 1 N–H and O–H groups in total. The Morgan fingerprint density at radius 2 is 2.08 bits per heavy atom. The molecule has 2 aliphatic heterocycles. The van der Waals surface area contributed by atoms with Crippen molar-refractivity contribution in [1.82, 2.24) is 19.9 Å². The number of hydrogen-bond acceptors (Lipinski definition) is 5. The molecule has 2 aliphatic rings. The summed E-state index contributed by atoms with van der Waals surface area (Å²) in [7, 11) is 2.06. The maximum atomic E-state index is 12.6. The number of carbonyl (C=O) groups excluding carboxylic acids is 2. The highest BCUT2D eigenvalue weighted by Crippen LogP contribution is 2.32. The summed E-state index contributed by atoms with van der Waals surface area (Å²) in [4.78, 5) is 41.9. The lowest BCUT2D eigenvalue weighted by atomic mass is 9.86. The van der Waals surface area contributed by atoms with Gasteiger partial charge in [0.25, 0.3) is 11.5 Å². The molecule has 1 aromatic heterocycles. The Labute approximate surface area is 140 Å². The van der Waals surface area contributed by atoms with Gasteiger partial charge in [-0.25, -0.2) is 0 Å². The van der Waals surface area contributed by atoms with Crippen molar-refractivity contribution < 1.29 is 14.1 Å². The third kappa shape index (κ3) is 2.98. The number of likely N-dealkylation sites (N-methyl/N-ethyl adjacent to an activating group) is 1. The van der Waals surface area contributed by atoms with Crippen LogP contribution in [0.25, 0.3) is 0 Å². The van der Waals surface area contributed by atoms with Gasteiger partial charge in [0, 0.05) is 44.7 Å². The average molecular weight is 336 g/mol. The first-order chi connectivity index (χ1) is 11.4. The van der Waals surface area contributed by atoms with Crippen molar-refractivity contribution in [3.8, 4) is 0 Å². The lowest BCUT2D eigenvalue weighted by Crippen LogP contribution is -2.62. The third-order valence-corrected chi connectivity index (χ3v) is 5.41. The number of carbonyl (C=O) groups is 2. The Hall–Kier alpha value is -2.09. The molecule has 24 heavy (non-hydrogen) atoms. The molecular formula is C16H24N4O4. The summed E-state index contributed by atoms with van der Waals surface area (Å²) in [6.07, 6.45) is 2.07. The highest BCUT2D eigenvalue weighted by molar-refractivity contribution is 5.91. The van der Waals surface area contributed by atoms with Crippen LogP contribution in [0, 0.1) is 0 Å². The minimum absolute atomic E-state index is 0.0413. The van der Waals surface area contributed by atoms with Crippen LogP contribution in [0.1, 0.15) is 36.7 Å². The SMILES string of the molecule is CCN1CC[C@]2(CCC1=O)CN(C(=O)c1cc(=O)[nH]o1)CCN2C. The van der Waals surface area contributed by atoms with Gasteiger partial charge in [-0.2, -0.15) is 5.16 Å². The second-order valence-electron chi connectivity index (χ2n) is 6.67. The van der Waals surface area contributed by atoms with Crippen molar-refractivity contribution in [3.63, 3.8) is 0 Å². The largest absolute Gasteiger partial charge is 0.373 e. The maximum Gasteiger partial charge on any atom is 0.292 e. The van der Waals surface area contributed by atoms with Crippen LogP contribution in [-0.2, 0) is 4.79 Å². The molecule has 0 aliphatic carbocycles. The fourth-order valence-electron chi connectivity index (χ4n) is 3.75. The summed E-state index contributed by atoms with van der Waals surface area (Å²) in [6.45, 7) is 5.28. The molecule has 2 saturated heterocycles. The zero-order chi connectivity index (χ0) is 17.3. The number of nitrogens with zero attached hydrogens (tertiary/aromatic N) is 3. The van der Waals surface area contributed by atoms with Crippen molar-refractivity contribution in [1.29, 1.82) is 0 Å². The molecule has 3 heterocycles. The first kappa shape index (κ1) is 16.8. The van der Waals surface area contributed by atoms with E-state index in [2.05, 4.69) is 17.1 Å². The van der Waals surface area contributed by atoms with Crippen molar-refractivity contribution in [3.05, 3.63) is 22.2 Å². The number of aromatic amines is 1. The first-order valence-corrected chi connectivity index (χ1v) is 8.42. The van der Waals surface area contributed by atoms with Crippen LogP contribution >= 0.6 is 0 Å². The van der Waals surface area contributed by atoms with Crippen molar-refractivity contribution >= 4 is 11.8 Å². The van der Waals surface area contributed by atoms with Crippen molar-refractivity contribution in [2.24, 2.45) is 0 Å². The van der Waals surface area contributed by atoms with Gasteiger partial charge in [0.05, 0.1) is 6.07 Å². The number of hydrogen-bond donors (Lipinski definition) is 1. The topological polar surface area (TPSA) is 89.9 Å². The zero-order valence-corrected chi connectivity index (χ0v) is 14.2. The molecule has 3 rings (SSSR count). The Balaban J connectivity index is 1.79. The van der Waals surface area contributed by atoms with E-state index in [9.17, 15) is 14.4 Å². The van der Waals surface area contributed by atoms with Crippen LogP contribution in [0.2, 0.25) is 0 Å². The van der Waals surface area contributed by atoms with Crippen molar-refractivity contribution in [2.75, 3.05) is 39.8 Å². The monoisotopic (exact) mass is 336 g/mol. The number of likely N-dealkylation sites (tertiary alicyclic amines) is 1. The molecule has 0 unspecified atom stereocenters. The van der Waals surface area contributed by atoms with Crippen LogP contribution in [-0.4, -0.2) is 77.0 Å². The van der Waals surface area contributed by atoms with Crippen LogP contribution < -0.4 is 5.56 Å². The quantitative estimate of drug-likeness (QED) is 0.829. The molecule has 2 amide bonds. The number of nitrogens with one attached hydrogen (secondary N) is 1. The average Bonchev–Trinajstić information content (AvgIpc) is 2.94. The van der Waals surface area contributed by atoms with Gasteiger partial charge in [-0.05, 0) is 26.8 Å². The van der Waals surface area contributed by atoms with Gasteiger partial charge in [0.15, 0.2) is 0 Å². The second-order valence-corrected chi connectivity index (χ2v) is 6.67. The highest BCUT2D eigenvalue weighted by atomic mass is 16.5. The lowest BCUT2D eigenvalue weighted by molar-refractivity contribution is -0.130. The van der Waals surface area contributed by atoms with E-state index in [1.165, 1.54) is 6.07 Å². The van der Waals surface area contributed by atoms with Gasteiger partial charge >= 0.3 is 0 Å². The molecule has 8 nitrogen and oxygen atoms in total. The molecule has 2 fully saturated rings. The van der Waals surface area contributed by atoms with Gasteiger partial charge < -0.3 is 14.3 Å². The van der Waals surface area contributed by atoms with Crippen LogP contribution in [0.4, 0.5) is 0 Å². The Morgan fingerprint density at radius 1 is 1.29 bits per heavy atom. The van der Waals surface area contributed by atoms with Gasteiger partial charge in [-0.3, -0.25) is 19.3 Å². The van der Waals surface area contributed by atoms with E-state index in [1.807, 2.05) is 11.8 Å². The van der Waals surface area contributed by atoms with Crippen LogP contribution in [0.3, 0.4) is 0 Å². The summed E-state index contributed by atoms with van der Waals surface area (Å²) in [5.74, 6) is -0.0498. The van der Waals surface area contributed by atoms with Gasteiger partial charge in [0.1, 0.15) is 0 Å². The number of piperazine rings is 1. The molecule has 1 atom stereocenters. The van der Waals surface area contributed by atoms with E-state index < -0.39 is 5.56 Å². The van der Waals surface area contributed by atoms with E-state index in [4.69, 9.17) is 4.52 Å². The molecule has 0 bridgehead atoms. The van der Waals surface area contributed by atoms with E-state index in [1.54, 1.807) is 4.90 Å². The van der Waals surface area contributed by atoms with Crippen LogP contribution in [0.15, 0.2) is 15.4 Å². The minimum Gasteiger partial charge on any atom is -0.373 e. The lowest BCUT2D eigenvalue weighted by Gasteiger charge is -2.49. The molecular weight excluding hydrogens is 312 g/mol. The number of rotatable bonds is 2. The molecule has 132 valence electrons. The normalized spacial score (nSPS) is 26.0. The summed E-state index contributed by atoms with van der Waals surface area (Å²) in [6, 6.07) is 1.18. The predicted molar refractivity (Wildman–Crippen MR) is 86.7 cm³/mol. The standard InChI is InChI=1S/C16H24N4O4/c1-3-19-7-6-16(5-4-14(19)22)11-20(9-8-18(16)2)15(23)12-10-13(21)17-24-12/h10H,3-9,11H2,1-2H3,(H,17,21)/t16-/m1/s1. The van der Waals surface area contributed by atoms with E-state index in [0.29, 0.717) is 26.1 Å². The van der Waals surface area contributed by atoms with Gasteiger partial charge in [-0.1, -0.05) is 0 Å². The predicted octanol–water partition coefficient (Wildman–Crippen LogP) is 0.127. The van der Waals surface area contributed by atoms with E-state index >= 15 is 0 Å². The Morgan fingerprint density at radius 3 is 2.75 bits per heavy atom. The molecule has 1 aromatic rings. The summed E-state index contributed by atoms with van der Waals surface area (Å²) >= 11 is 0. The minimum atomic E-state index is -0.416. The highest BCUT2D eigenvalue weighted by Gasteiger charge is 2.43. The molecule has 8 heteroatoms. The van der Waals surface area contributed by atoms with Gasteiger partial charge in [-0.15, -0.1) is 0 Å². The first-order valence-electron chi connectivity index (χ1n) is 8.42. The van der Waals surface area contributed by atoms with E-state index in [-0.39, 0.29) is 23.1 Å². The molecule has 1 spiro atoms.